The van der Waals surface area contributed by atoms with E-state index in [0.29, 0.717) is 5.92 Å². The molecule has 2 fully saturated rings. The van der Waals surface area contributed by atoms with Crippen LogP contribution in [0.2, 0.25) is 0 Å². The van der Waals surface area contributed by atoms with E-state index in [0.717, 1.165) is 31.1 Å². The zero-order valence-electron chi connectivity index (χ0n) is 14.6. The molecule has 2 aliphatic rings. The number of carbonyl (C=O) groups excluding carboxylic acids is 1. The van der Waals surface area contributed by atoms with Crippen LogP contribution in [0.15, 0.2) is 18.2 Å². The molecule has 4 nitrogen and oxygen atoms in total. The summed E-state index contributed by atoms with van der Waals surface area (Å²) in [4.78, 5) is 16.9. The highest BCUT2D eigenvalue weighted by Crippen LogP contribution is 2.31. The molecule has 3 rings (SSSR count). The minimum absolute atomic E-state index is 0.0590. The number of hydrogen-bond donors (Lipinski definition) is 1. The van der Waals surface area contributed by atoms with Gasteiger partial charge >= 0.3 is 6.03 Å². The first-order valence-corrected chi connectivity index (χ1v) is 8.84. The van der Waals surface area contributed by atoms with Gasteiger partial charge < -0.3 is 15.1 Å². The lowest BCUT2D eigenvalue weighted by molar-refractivity contribution is 0.170. The highest BCUT2D eigenvalue weighted by Gasteiger charge is 2.33. The van der Waals surface area contributed by atoms with Gasteiger partial charge in [0.15, 0.2) is 0 Å². The zero-order chi connectivity index (χ0) is 16.4. The molecule has 0 saturated carbocycles. The first-order chi connectivity index (χ1) is 11.0. The van der Waals surface area contributed by atoms with Crippen LogP contribution in [0.3, 0.4) is 0 Å². The number of benzene rings is 1. The topological polar surface area (TPSA) is 35.6 Å². The lowest BCUT2D eigenvalue weighted by Gasteiger charge is -2.32. The van der Waals surface area contributed by atoms with Crippen LogP contribution in [0.1, 0.15) is 30.4 Å². The van der Waals surface area contributed by atoms with Gasteiger partial charge in [-0.2, -0.15) is 0 Å². The molecular formula is C19H29N3O. The summed E-state index contributed by atoms with van der Waals surface area (Å²) < 4.78 is 0. The number of hydrogen-bond acceptors (Lipinski definition) is 2. The van der Waals surface area contributed by atoms with Crippen LogP contribution in [-0.4, -0.2) is 49.1 Å². The Morgan fingerprint density at radius 1 is 1.04 bits per heavy atom. The normalized spacial score (nSPS) is 23.3. The van der Waals surface area contributed by atoms with Gasteiger partial charge in [0.1, 0.15) is 0 Å². The van der Waals surface area contributed by atoms with E-state index in [-0.39, 0.29) is 6.03 Å². The van der Waals surface area contributed by atoms with Crippen LogP contribution in [0.25, 0.3) is 0 Å². The maximum Gasteiger partial charge on any atom is 0.321 e. The molecule has 1 atom stereocenters. The largest absolute Gasteiger partial charge is 0.324 e. The number of rotatable bonds is 2. The molecule has 4 heteroatoms. The minimum Gasteiger partial charge on any atom is -0.324 e. The lowest BCUT2D eigenvalue weighted by atomic mass is 9.84. The summed E-state index contributed by atoms with van der Waals surface area (Å²) in [5.41, 5.74) is 3.38. The van der Waals surface area contributed by atoms with E-state index in [9.17, 15) is 4.79 Å². The number of nitrogens with one attached hydrogen (secondary N) is 1. The quantitative estimate of drug-likeness (QED) is 0.906. The van der Waals surface area contributed by atoms with Crippen LogP contribution in [0.5, 0.6) is 0 Å². The molecule has 1 N–H and O–H groups in total. The van der Waals surface area contributed by atoms with Gasteiger partial charge in [-0.15, -0.1) is 0 Å². The van der Waals surface area contributed by atoms with Gasteiger partial charge in [-0.1, -0.05) is 6.07 Å². The highest BCUT2D eigenvalue weighted by atomic mass is 16.2. The third-order valence-electron chi connectivity index (χ3n) is 5.70. The molecule has 0 radical (unpaired) electrons. The highest BCUT2D eigenvalue weighted by molar-refractivity contribution is 5.89. The maximum absolute atomic E-state index is 12.5. The van der Waals surface area contributed by atoms with E-state index < -0.39 is 0 Å². The molecule has 0 spiro atoms. The van der Waals surface area contributed by atoms with Crippen molar-refractivity contribution in [3.8, 4) is 0 Å². The molecule has 23 heavy (non-hydrogen) atoms. The van der Waals surface area contributed by atoms with Crippen LogP contribution < -0.4 is 5.32 Å². The Balaban J connectivity index is 1.54. The Hall–Kier alpha value is -1.55. The van der Waals surface area contributed by atoms with Gasteiger partial charge in [-0.05, 0) is 88.3 Å². The van der Waals surface area contributed by atoms with Gasteiger partial charge in [0.25, 0.3) is 0 Å². The number of piperidine rings is 1. The van der Waals surface area contributed by atoms with E-state index in [1.165, 1.54) is 37.1 Å². The summed E-state index contributed by atoms with van der Waals surface area (Å²) in [5.74, 6) is 1.49. The van der Waals surface area contributed by atoms with E-state index in [2.05, 4.69) is 43.2 Å². The molecule has 0 unspecified atom stereocenters. The van der Waals surface area contributed by atoms with E-state index >= 15 is 0 Å². The van der Waals surface area contributed by atoms with Gasteiger partial charge in [0.05, 0.1) is 0 Å². The Labute approximate surface area is 139 Å². The standard InChI is InChI=1S/C19H29N3O/c1-14-4-5-18(12-15(14)2)20-19(23)22-11-8-17(13-22)16-6-9-21(3)10-7-16/h4-5,12,16-17H,6-11,13H2,1-3H3,(H,20,23)/t17-/m1/s1. The number of nitrogens with zero attached hydrogens (tertiary/aromatic N) is 2. The smallest absolute Gasteiger partial charge is 0.321 e. The molecular weight excluding hydrogens is 286 g/mol. The van der Waals surface area contributed by atoms with Crippen molar-refractivity contribution < 1.29 is 4.79 Å². The van der Waals surface area contributed by atoms with Crippen molar-refractivity contribution in [3.63, 3.8) is 0 Å². The molecule has 2 heterocycles. The van der Waals surface area contributed by atoms with Crippen molar-refractivity contribution in [2.45, 2.75) is 33.1 Å². The number of aryl methyl sites for hydroxylation is 2. The zero-order valence-corrected chi connectivity index (χ0v) is 14.6. The summed E-state index contributed by atoms with van der Waals surface area (Å²) in [7, 11) is 2.20. The van der Waals surface area contributed by atoms with E-state index in [1.807, 2.05) is 11.0 Å². The van der Waals surface area contributed by atoms with E-state index in [4.69, 9.17) is 0 Å². The fraction of sp³-hybridized carbons (Fsp3) is 0.632. The average Bonchev–Trinajstić information content (AvgIpc) is 3.02. The second-order valence-corrected chi connectivity index (χ2v) is 7.36. The number of carbonyl (C=O) groups is 1. The van der Waals surface area contributed by atoms with Crippen molar-refractivity contribution >= 4 is 11.7 Å². The second kappa shape index (κ2) is 6.91. The molecule has 2 aliphatic heterocycles. The number of anilines is 1. The second-order valence-electron chi connectivity index (χ2n) is 7.36. The summed E-state index contributed by atoms with van der Waals surface area (Å²) in [6, 6.07) is 6.17. The third-order valence-corrected chi connectivity index (χ3v) is 5.70. The molecule has 126 valence electrons. The number of urea groups is 1. The monoisotopic (exact) mass is 315 g/mol. The Morgan fingerprint density at radius 3 is 2.43 bits per heavy atom. The number of likely N-dealkylation sites (tertiary alicyclic amines) is 2. The van der Waals surface area contributed by atoms with Gasteiger partial charge in [0.2, 0.25) is 0 Å². The first kappa shape index (κ1) is 16.3. The van der Waals surface area contributed by atoms with Crippen LogP contribution >= 0.6 is 0 Å². The maximum atomic E-state index is 12.5. The summed E-state index contributed by atoms with van der Waals surface area (Å²) in [5, 5.41) is 3.06. The van der Waals surface area contributed by atoms with Crippen molar-refractivity contribution in [2.75, 3.05) is 38.5 Å². The molecule has 2 amide bonds. The third kappa shape index (κ3) is 3.86. The Morgan fingerprint density at radius 2 is 1.74 bits per heavy atom. The van der Waals surface area contributed by atoms with E-state index in [1.54, 1.807) is 0 Å². The number of amides is 2. The predicted molar refractivity (Wildman–Crippen MR) is 94.8 cm³/mol. The Bertz CT molecular complexity index is 564. The van der Waals surface area contributed by atoms with Crippen molar-refractivity contribution in [1.82, 2.24) is 9.80 Å². The molecule has 0 aliphatic carbocycles. The molecule has 0 aromatic heterocycles. The van der Waals surface area contributed by atoms with Crippen molar-refractivity contribution in [2.24, 2.45) is 11.8 Å². The SMILES string of the molecule is Cc1ccc(NC(=O)N2CC[C@@H](C3CCN(C)CC3)C2)cc1C. The van der Waals surface area contributed by atoms with Crippen LogP contribution in [-0.2, 0) is 0 Å². The van der Waals surface area contributed by atoms with Crippen LogP contribution in [0, 0.1) is 25.7 Å². The minimum atomic E-state index is 0.0590. The first-order valence-electron chi connectivity index (χ1n) is 8.84. The van der Waals surface area contributed by atoms with Gasteiger partial charge in [-0.3, -0.25) is 0 Å². The molecule has 1 aromatic carbocycles. The molecule has 2 saturated heterocycles. The lowest BCUT2D eigenvalue weighted by Crippen LogP contribution is -2.36. The van der Waals surface area contributed by atoms with Gasteiger partial charge in [0, 0.05) is 18.8 Å². The fourth-order valence-electron chi connectivity index (χ4n) is 3.88. The van der Waals surface area contributed by atoms with Crippen molar-refractivity contribution in [1.29, 1.82) is 0 Å². The summed E-state index contributed by atoms with van der Waals surface area (Å²) in [6.07, 6.45) is 3.73. The summed E-state index contributed by atoms with van der Waals surface area (Å²) in [6.45, 7) is 8.40. The summed E-state index contributed by atoms with van der Waals surface area (Å²) >= 11 is 0. The van der Waals surface area contributed by atoms with Crippen LogP contribution in [0.4, 0.5) is 10.5 Å². The molecule has 0 bridgehead atoms. The average molecular weight is 315 g/mol. The fourth-order valence-corrected chi connectivity index (χ4v) is 3.88. The Kier molecular flexibility index (Phi) is 4.90. The molecule has 1 aromatic rings. The predicted octanol–water partition coefficient (Wildman–Crippen LogP) is 3.50. The van der Waals surface area contributed by atoms with Gasteiger partial charge in [-0.25, -0.2) is 4.79 Å². The van der Waals surface area contributed by atoms with Crippen molar-refractivity contribution in [3.05, 3.63) is 29.3 Å².